The second kappa shape index (κ2) is 5.27. The predicted molar refractivity (Wildman–Crippen MR) is 72.0 cm³/mol. The van der Waals surface area contributed by atoms with E-state index in [-0.39, 0.29) is 5.41 Å². The molecule has 0 bridgehead atoms. The minimum absolute atomic E-state index is 0.191. The molecular weight excluding hydrogens is 210 g/mol. The van der Waals surface area contributed by atoms with Crippen LogP contribution in [0.4, 0.5) is 0 Å². The molecule has 2 saturated carbocycles. The van der Waals surface area contributed by atoms with Gasteiger partial charge in [-0.05, 0) is 31.1 Å². The Hall–Kier alpha value is -0.0800. The quantitative estimate of drug-likeness (QED) is 0.790. The Morgan fingerprint density at radius 1 is 1.06 bits per heavy atom. The van der Waals surface area contributed by atoms with E-state index >= 15 is 0 Å². The minimum atomic E-state index is 0.191. The van der Waals surface area contributed by atoms with Gasteiger partial charge in [-0.1, -0.05) is 39.5 Å². The summed E-state index contributed by atoms with van der Waals surface area (Å²) >= 11 is 0. The second-order valence-corrected chi connectivity index (χ2v) is 7.03. The molecule has 2 nitrogen and oxygen atoms in total. The summed E-state index contributed by atoms with van der Waals surface area (Å²) < 4.78 is 0. The third-order valence-corrected chi connectivity index (χ3v) is 5.23. The van der Waals surface area contributed by atoms with E-state index in [9.17, 15) is 5.11 Å². The summed E-state index contributed by atoms with van der Waals surface area (Å²) in [6, 6.07) is 0.660. The molecule has 0 aromatic carbocycles. The van der Waals surface area contributed by atoms with Crippen LogP contribution in [0.15, 0.2) is 0 Å². The third kappa shape index (κ3) is 3.03. The molecule has 2 N–H and O–H groups in total. The van der Waals surface area contributed by atoms with Crippen molar-refractivity contribution in [3.8, 4) is 0 Å². The molecule has 0 aliphatic heterocycles. The topological polar surface area (TPSA) is 32.3 Å². The lowest BCUT2D eigenvalue weighted by atomic mass is 9.74. The van der Waals surface area contributed by atoms with Crippen molar-refractivity contribution in [1.82, 2.24) is 5.32 Å². The third-order valence-electron chi connectivity index (χ3n) is 5.23. The van der Waals surface area contributed by atoms with E-state index in [4.69, 9.17) is 0 Å². The molecule has 0 aromatic heterocycles. The van der Waals surface area contributed by atoms with Crippen LogP contribution in [0.2, 0.25) is 0 Å². The van der Waals surface area contributed by atoms with Gasteiger partial charge in [0.05, 0.1) is 0 Å². The number of nitrogens with one attached hydrogen (secondary N) is 1. The van der Waals surface area contributed by atoms with Gasteiger partial charge in [0, 0.05) is 24.6 Å². The number of aliphatic hydroxyl groups is 1. The molecule has 0 saturated heterocycles. The maximum atomic E-state index is 9.71. The van der Waals surface area contributed by atoms with Crippen LogP contribution in [0.25, 0.3) is 0 Å². The zero-order chi connectivity index (χ0) is 12.4. The molecule has 1 unspecified atom stereocenters. The van der Waals surface area contributed by atoms with Crippen LogP contribution in [0, 0.1) is 10.8 Å². The Balaban J connectivity index is 1.87. The number of hydrogen-bond donors (Lipinski definition) is 2. The zero-order valence-corrected chi connectivity index (χ0v) is 11.6. The lowest BCUT2D eigenvalue weighted by Crippen LogP contribution is -2.46. The lowest BCUT2D eigenvalue weighted by molar-refractivity contribution is 0.0736. The fourth-order valence-corrected chi connectivity index (χ4v) is 3.74. The summed E-state index contributed by atoms with van der Waals surface area (Å²) in [5, 5.41) is 13.5. The highest BCUT2D eigenvalue weighted by molar-refractivity contribution is 4.93. The largest absolute Gasteiger partial charge is 0.396 e. The molecule has 2 fully saturated rings. The standard InChI is InChI=1S/C15H29NO/c1-14(2)8-6-7-13(14)16-11-15(12-17)9-4-3-5-10-15/h13,16-17H,3-12H2,1-2H3. The van der Waals surface area contributed by atoms with Gasteiger partial charge in [0.2, 0.25) is 0 Å². The normalized spacial score (nSPS) is 31.6. The Bertz CT molecular complexity index is 243. The van der Waals surface area contributed by atoms with Gasteiger partial charge in [-0.15, -0.1) is 0 Å². The monoisotopic (exact) mass is 239 g/mol. The summed E-state index contributed by atoms with van der Waals surface area (Å²) in [5.41, 5.74) is 0.641. The first-order chi connectivity index (χ1) is 8.08. The van der Waals surface area contributed by atoms with Crippen molar-refractivity contribution in [2.45, 2.75) is 71.3 Å². The average molecular weight is 239 g/mol. The smallest absolute Gasteiger partial charge is 0.0499 e. The Morgan fingerprint density at radius 2 is 1.76 bits per heavy atom. The fourth-order valence-electron chi connectivity index (χ4n) is 3.74. The van der Waals surface area contributed by atoms with Crippen molar-refractivity contribution in [2.24, 2.45) is 10.8 Å². The van der Waals surface area contributed by atoms with Gasteiger partial charge < -0.3 is 10.4 Å². The van der Waals surface area contributed by atoms with Crippen molar-refractivity contribution in [2.75, 3.05) is 13.2 Å². The maximum Gasteiger partial charge on any atom is 0.0499 e. The number of aliphatic hydroxyl groups excluding tert-OH is 1. The molecule has 0 spiro atoms. The van der Waals surface area contributed by atoms with Crippen molar-refractivity contribution in [3.63, 3.8) is 0 Å². The van der Waals surface area contributed by atoms with Gasteiger partial charge in [0.15, 0.2) is 0 Å². The fraction of sp³-hybridized carbons (Fsp3) is 1.00. The summed E-state index contributed by atoms with van der Waals surface area (Å²) in [5.74, 6) is 0. The molecule has 2 rings (SSSR count). The van der Waals surface area contributed by atoms with E-state index in [1.165, 1.54) is 51.4 Å². The minimum Gasteiger partial charge on any atom is -0.396 e. The molecule has 0 heterocycles. The summed E-state index contributed by atoms with van der Waals surface area (Å²) in [4.78, 5) is 0. The Kier molecular flexibility index (Phi) is 4.14. The second-order valence-electron chi connectivity index (χ2n) is 7.03. The van der Waals surface area contributed by atoms with Crippen LogP contribution in [0.5, 0.6) is 0 Å². The first-order valence-corrected chi connectivity index (χ1v) is 7.42. The van der Waals surface area contributed by atoms with Crippen LogP contribution < -0.4 is 5.32 Å². The van der Waals surface area contributed by atoms with Gasteiger partial charge in [0.25, 0.3) is 0 Å². The van der Waals surface area contributed by atoms with Crippen molar-refractivity contribution < 1.29 is 5.11 Å². The van der Waals surface area contributed by atoms with Crippen molar-refractivity contribution in [3.05, 3.63) is 0 Å². The number of hydrogen-bond acceptors (Lipinski definition) is 2. The highest BCUT2D eigenvalue weighted by atomic mass is 16.3. The van der Waals surface area contributed by atoms with Crippen LogP contribution in [0.1, 0.15) is 65.2 Å². The first kappa shape index (κ1) is 13.4. The van der Waals surface area contributed by atoms with Gasteiger partial charge in [-0.3, -0.25) is 0 Å². The van der Waals surface area contributed by atoms with Gasteiger partial charge in [-0.2, -0.15) is 0 Å². The molecule has 2 aliphatic rings. The first-order valence-electron chi connectivity index (χ1n) is 7.42. The Labute approximate surface area is 106 Å². The van der Waals surface area contributed by atoms with Gasteiger partial charge in [-0.25, -0.2) is 0 Å². The van der Waals surface area contributed by atoms with Crippen molar-refractivity contribution >= 4 is 0 Å². The average Bonchev–Trinajstić information content (AvgIpc) is 2.67. The molecule has 2 aliphatic carbocycles. The number of rotatable bonds is 4. The molecule has 17 heavy (non-hydrogen) atoms. The van der Waals surface area contributed by atoms with E-state index in [0.717, 1.165) is 6.54 Å². The lowest BCUT2D eigenvalue weighted by Gasteiger charge is -2.38. The van der Waals surface area contributed by atoms with E-state index < -0.39 is 0 Å². The molecular formula is C15H29NO. The van der Waals surface area contributed by atoms with Gasteiger partial charge in [0.1, 0.15) is 0 Å². The molecule has 0 radical (unpaired) electrons. The molecule has 0 amide bonds. The van der Waals surface area contributed by atoms with E-state index in [1.807, 2.05) is 0 Å². The molecule has 0 aromatic rings. The van der Waals surface area contributed by atoms with Crippen LogP contribution in [-0.2, 0) is 0 Å². The van der Waals surface area contributed by atoms with Gasteiger partial charge >= 0.3 is 0 Å². The zero-order valence-electron chi connectivity index (χ0n) is 11.6. The van der Waals surface area contributed by atoms with E-state index in [1.54, 1.807) is 0 Å². The van der Waals surface area contributed by atoms with Crippen LogP contribution in [0.3, 0.4) is 0 Å². The van der Waals surface area contributed by atoms with Crippen LogP contribution >= 0.6 is 0 Å². The molecule has 100 valence electrons. The maximum absolute atomic E-state index is 9.71. The van der Waals surface area contributed by atoms with E-state index in [0.29, 0.717) is 18.1 Å². The SMILES string of the molecule is CC1(C)CCCC1NCC1(CO)CCCCC1. The Morgan fingerprint density at radius 3 is 2.29 bits per heavy atom. The van der Waals surface area contributed by atoms with E-state index in [2.05, 4.69) is 19.2 Å². The summed E-state index contributed by atoms with van der Waals surface area (Å²) in [6.45, 7) is 6.15. The predicted octanol–water partition coefficient (Wildman–Crippen LogP) is 3.10. The molecule has 1 atom stereocenters. The molecule has 2 heteroatoms. The summed E-state index contributed by atoms with van der Waals surface area (Å²) in [6.07, 6.45) is 10.4. The van der Waals surface area contributed by atoms with Crippen molar-refractivity contribution in [1.29, 1.82) is 0 Å². The highest BCUT2D eigenvalue weighted by Gasteiger charge is 2.37. The summed E-state index contributed by atoms with van der Waals surface area (Å²) in [7, 11) is 0. The highest BCUT2D eigenvalue weighted by Crippen LogP contribution is 2.39. The van der Waals surface area contributed by atoms with Crippen LogP contribution in [-0.4, -0.2) is 24.3 Å².